The maximum absolute atomic E-state index is 12.6. The first-order valence-electron chi connectivity index (χ1n) is 8.10. The molecule has 9 heteroatoms. The number of thioether (sulfide) groups is 1. The molecule has 3 rings (SSSR count). The predicted molar refractivity (Wildman–Crippen MR) is 101 cm³/mol. The van der Waals surface area contributed by atoms with Crippen molar-refractivity contribution in [3.05, 3.63) is 57.2 Å². The Balaban J connectivity index is 1.77. The van der Waals surface area contributed by atoms with Crippen molar-refractivity contribution in [2.24, 2.45) is 5.92 Å². The van der Waals surface area contributed by atoms with Gasteiger partial charge in [0.15, 0.2) is 0 Å². The van der Waals surface area contributed by atoms with E-state index in [0.717, 1.165) is 16.7 Å². The molecule has 0 atom stereocenters. The zero-order chi connectivity index (χ0) is 19.6. The van der Waals surface area contributed by atoms with Crippen molar-refractivity contribution in [1.29, 1.82) is 0 Å². The van der Waals surface area contributed by atoms with Gasteiger partial charge >= 0.3 is 5.88 Å². The van der Waals surface area contributed by atoms with Crippen LogP contribution in [-0.2, 0) is 4.79 Å². The highest BCUT2D eigenvalue weighted by Gasteiger charge is 2.36. The van der Waals surface area contributed by atoms with Gasteiger partial charge in [0.2, 0.25) is 0 Å². The summed E-state index contributed by atoms with van der Waals surface area (Å²) in [6, 6.07) is 9.21. The largest absolute Gasteiger partial charge is 0.493 e. The van der Waals surface area contributed by atoms with E-state index < -0.39 is 22.0 Å². The van der Waals surface area contributed by atoms with Crippen LogP contribution in [0.1, 0.15) is 19.6 Å². The van der Waals surface area contributed by atoms with E-state index in [4.69, 9.17) is 9.15 Å². The molecule has 1 aromatic carbocycles. The molecule has 1 aliphatic heterocycles. The molecule has 2 aromatic rings. The molecule has 1 aliphatic rings. The van der Waals surface area contributed by atoms with Gasteiger partial charge in [0.1, 0.15) is 16.4 Å². The first-order chi connectivity index (χ1) is 12.8. The number of ether oxygens (including phenoxy) is 1. The fourth-order valence-electron chi connectivity index (χ4n) is 2.29. The monoisotopic (exact) mass is 388 g/mol. The van der Waals surface area contributed by atoms with Crippen molar-refractivity contribution in [2.75, 3.05) is 11.5 Å². The molecule has 1 saturated heterocycles. The molecule has 2 amide bonds. The van der Waals surface area contributed by atoms with Crippen LogP contribution in [0.3, 0.4) is 0 Å². The van der Waals surface area contributed by atoms with Crippen molar-refractivity contribution in [3.63, 3.8) is 0 Å². The highest BCUT2D eigenvalue weighted by Crippen LogP contribution is 2.36. The quantitative estimate of drug-likeness (QED) is 0.409. The van der Waals surface area contributed by atoms with Crippen LogP contribution >= 0.6 is 11.8 Å². The van der Waals surface area contributed by atoms with Crippen LogP contribution in [-0.4, -0.2) is 22.7 Å². The van der Waals surface area contributed by atoms with Crippen LogP contribution in [0, 0.1) is 16.0 Å². The summed E-state index contributed by atoms with van der Waals surface area (Å²) in [5, 5.41) is 10.2. The number of nitro groups is 1. The van der Waals surface area contributed by atoms with E-state index in [1.807, 2.05) is 13.8 Å². The predicted octanol–water partition coefficient (Wildman–Crippen LogP) is 4.46. The number of imide groups is 1. The summed E-state index contributed by atoms with van der Waals surface area (Å²) < 4.78 is 10.6. The molecule has 2 heterocycles. The maximum atomic E-state index is 12.6. The van der Waals surface area contributed by atoms with E-state index in [2.05, 4.69) is 0 Å². The average Bonchev–Trinajstić information content (AvgIpc) is 3.19. The fourth-order valence-corrected chi connectivity index (χ4v) is 3.11. The van der Waals surface area contributed by atoms with Crippen LogP contribution in [0.4, 0.5) is 16.4 Å². The normalized spacial score (nSPS) is 15.8. The van der Waals surface area contributed by atoms with Crippen molar-refractivity contribution < 1.29 is 23.7 Å². The topological polar surface area (TPSA) is 103 Å². The zero-order valence-corrected chi connectivity index (χ0v) is 15.4. The third-order valence-corrected chi connectivity index (χ3v) is 4.41. The molecule has 0 saturated carbocycles. The molecule has 0 radical (unpaired) electrons. The second-order valence-electron chi connectivity index (χ2n) is 6.15. The minimum Gasteiger partial charge on any atom is -0.493 e. The van der Waals surface area contributed by atoms with Gasteiger partial charge in [-0.2, -0.15) is 0 Å². The summed E-state index contributed by atoms with van der Waals surface area (Å²) in [6.07, 6.45) is 1.32. The first kappa shape index (κ1) is 18.7. The van der Waals surface area contributed by atoms with Crippen molar-refractivity contribution in [2.45, 2.75) is 13.8 Å². The van der Waals surface area contributed by atoms with Crippen LogP contribution in [0.2, 0.25) is 0 Å². The van der Waals surface area contributed by atoms with Gasteiger partial charge in [-0.3, -0.25) is 19.7 Å². The van der Waals surface area contributed by atoms with E-state index >= 15 is 0 Å². The molecule has 0 aliphatic carbocycles. The van der Waals surface area contributed by atoms with Gasteiger partial charge in [-0.05, 0) is 48.0 Å². The molecule has 1 fully saturated rings. The number of carbonyl (C=O) groups is 2. The number of nitrogens with zero attached hydrogens (tertiary/aromatic N) is 2. The van der Waals surface area contributed by atoms with E-state index in [0.29, 0.717) is 24.0 Å². The molecule has 8 nitrogen and oxygen atoms in total. The van der Waals surface area contributed by atoms with Crippen LogP contribution in [0.5, 0.6) is 5.75 Å². The number of benzene rings is 1. The minimum absolute atomic E-state index is 0.129. The van der Waals surface area contributed by atoms with Crippen LogP contribution < -0.4 is 9.64 Å². The Kier molecular flexibility index (Phi) is 5.31. The Labute approximate surface area is 158 Å². The lowest BCUT2D eigenvalue weighted by Crippen LogP contribution is -2.27. The summed E-state index contributed by atoms with van der Waals surface area (Å²) in [4.78, 5) is 36.0. The summed E-state index contributed by atoms with van der Waals surface area (Å²) >= 11 is 0.745. The Bertz CT molecular complexity index is 916. The number of anilines is 1. The summed E-state index contributed by atoms with van der Waals surface area (Å²) in [5.41, 5.74) is 0.420. The van der Waals surface area contributed by atoms with Gasteiger partial charge in [-0.25, -0.2) is 4.90 Å². The first-order valence-corrected chi connectivity index (χ1v) is 8.92. The van der Waals surface area contributed by atoms with E-state index in [9.17, 15) is 19.7 Å². The minimum atomic E-state index is -0.675. The molecule has 0 N–H and O–H groups in total. The van der Waals surface area contributed by atoms with Crippen LogP contribution in [0.25, 0.3) is 6.08 Å². The molecule has 140 valence electrons. The molecule has 0 spiro atoms. The summed E-state index contributed by atoms with van der Waals surface area (Å²) in [7, 11) is 0. The number of hydrogen-bond donors (Lipinski definition) is 0. The SMILES string of the molecule is CC(C)COc1ccc(N2C(=O)S/C(=C\c3ccc([N+](=O)[O-])o3)C2=O)cc1. The Morgan fingerprint density at radius 1 is 1.22 bits per heavy atom. The number of amides is 2. The molecule has 27 heavy (non-hydrogen) atoms. The smallest absolute Gasteiger partial charge is 0.433 e. The van der Waals surface area contributed by atoms with Gasteiger partial charge in [0, 0.05) is 6.08 Å². The van der Waals surface area contributed by atoms with E-state index in [1.165, 1.54) is 18.2 Å². The Morgan fingerprint density at radius 3 is 2.52 bits per heavy atom. The second-order valence-corrected chi connectivity index (χ2v) is 7.14. The highest BCUT2D eigenvalue weighted by atomic mass is 32.2. The molecular formula is C18H16N2O6S. The van der Waals surface area contributed by atoms with E-state index in [1.54, 1.807) is 24.3 Å². The van der Waals surface area contributed by atoms with Gasteiger partial charge < -0.3 is 9.15 Å². The Morgan fingerprint density at radius 2 is 1.93 bits per heavy atom. The number of carbonyl (C=O) groups excluding carboxylic acids is 2. The third-order valence-electron chi connectivity index (χ3n) is 3.54. The fraction of sp³-hybridized carbons (Fsp3) is 0.222. The standard InChI is InChI=1S/C18H16N2O6S/c1-11(2)10-25-13-5-3-12(4-6-13)19-17(21)15(27-18(19)22)9-14-7-8-16(26-14)20(23)24/h3-9,11H,10H2,1-2H3/b15-9-. The van der Waals surface area contributed by atoms with Crippen molar-refractivity contribution >= 4 is 40.6 Å². The summed E-state index contributed by atoms with van der Waals surface area (Å²) in [6.45, 7) is 4.64. The number of hydrogen-bond acceptors (Lipinski definition) is 7. The number of rotatable bonds is 6. The maximum Gasteiger partial charge on any atom is 0.433 e. The molecule has 0 unspecified atom stereocenters. The van der Waals surface area contributed by atoms with Gasteiger partial charge in [-0.1, -0.05) is 13.8 Å². The van der Waals surface area contributed by atoms with Gasteiger partial charge in [0.25, 0.3) is 11.1 Å². The van der Waals surface area contributed by atoms with Crippen molar-refractivity contribution in [1.82, 2.24) is 0 Å². The highest BCUT2D eigenvalue weighted by molar-refractivity contribution is 8.19. The molecular weight excluding hydrogens is 372 g/mol. The third kappa shape index (κ3) is 4.20. The Hall–Kier alpha value is -3.07. The molecule has 0 bridgehead atoms. The lowest BCUT2D eigenvalue weighted by molar-refractivity contribution is -0.402. The van der Waals surface area contributed by atoms with E-state index in [-0.39, 0.29) is 10.7 Å². The number of furan rings is 1. The van der Waals surface area contributed by atoms with Gasteiger partial charge in [-0.15, -0.1) is 0 Å². The average molecular weight is 388 g/mol. The lowest BCUT2D eigenvalue weighted by Gasteiger charge is -2.14. The van der Waals surface area contributed by atoms with Crippen LogP contribution in [0.15, 0.2) is 45.7 Å². The van der Waals surface area contributed by atoms with Gasteiger partial charge in [0.05, 0.1) is 23.3 Å². The lowest BCUT2D eigenvalue weighted by atomic mass is 10.2. The van der Waals surface area contributed by atoms with Crippen molar-refractivity contribution in [3.8, 4) is 5.75 Å². The second kappa shape index (κ2) is 7.67. The molecule has 1 aromatic heterocycles. The summed E-state index contributed by atoms with van der Waals surface area (Å²) in [5.74, 6) is 0.216. The zero-order valence-electron chi connectivity index (χ0n) is 14.6.